The molecular formula is C15H19N3O3. The predicted octanol–water partition coefficient (Wildman–Crippen LogP) is 0.542. The van der Waals surface area contributed by atoms with Crippen LogP contribution in [-0.4, -0.2) is 53.8 Å². The Morgan fingerprint density at radius 3 is 3.14 bits per heavy atom. The van der Waals surface area contributed by atoms with Gasteiger partial charge in [-0.25, -0.2) is 4.98 Å². The molecule has 1 aliphatic heterocycles. The monoisotopic (exact) mass is 289 g/mol. The van der Waals surface area contributed by atoms with Crippen molar-refractivity contribution >= 4 is 5.65 Å². The van der Waals surface area contributed by atoms with Gasteiger partial charge in [0, 0.05) is 25.4 Å². The van der Waals surface area contributed by atoms with Gasteiger partial charge in [-0.2, -0.15) is 0 Å². The van der Waals surface area contributed by atoms with Crippen molar-refractivity contribution in [2.45, 2.75) is 12.6 Å². The van der Waals surface area contributed by atoms with Gasteiger partial charge in [0.25, 0.3) is 5.56 Å². The summed E-state index contributed by atoms with van der Waals surface area (Å²) in [6, 6.07) is 7.12. The Morgan fingerprint density at radius 2 is 2.33 bits per heavy atom. The number of hydrogen-bond acceptors (Lipinski definition) is 5. The van der Waals surface area contributed by atoms with Crippen LogP contribution in [0, 0.1) is 0 Å². The zero-order chi connectivity index (χ0) is 14.7. The first-order valence-electron chi connectivity index (χ1n) is 7.07. The van der Waals surface area contributed by atoms with Crippen LogP contribution in [0.2, 0.25) is 0 Å². The van der Waals surface area contributed by atoms with E-state index in [-0.39, 0.29) is 11.7 Å². The first-order chi connectivity index (χ1) is 10.2. The summed E-state index contributed by atoms with van der Waals surface area (Å²) in [7, 11) is 1.99. The molecule has 1 atom stereocenters. The van der Waals surface area contributed by atoms with E-state index >= 15 is 0 Å². The molecule has 3 heterocycles. The molecule has 0 unspecified atom stereocenters. The highest BCUT2D eigenvalue weighted by atomic mass is 16.6. The Labute approximate surface area is 122 Å². The second kappa shape index (κ2) is 6.34. The average molecular weight is 289 g/mol. The Balaban J connectivity index is 1.70. The van der Waals surface area contributed by atoms with E-state index in [2.05, 4.69) is 9.88 Å². The number of nitrogens with zero attached hydrogens (tertiary/aromatic N) is 3. The van der Waals surface area contributed by atoms with Crippen molar-refractivity contribution in [1.82, 2.24) is 14.3 Å². The summed E-state index contributed by atoms with van der Waals surface area (Å²) in [6.45, 7) is 3.31. The molecule has 1 aliphatic rings. The maximum Gasteiger partial charge on any atom is 0.258 e. The van der Waals surface area contributed by atoms with Gasteiger partial charge in [0.05, 0.1) is 31.6 Å². The fraction of sp³-hybridized carbons (Fsp3) is 0.467. The van der Waals surface area contributed by atoms with Crippen LogP contribution in [0.25, 0.3) is 5.65 Å². The molecule has 1 saturated heterocycles. The molecule has 21 heavy (non-hydrogen) atoms. The number of ether oxygens (including phenoxy) is 2. The molecule has 6 nitrogen and oxygen atoms in total. The van der Waals surface area contributed by atoms with E-state index < -0.39 is 0 Å². The van der Waals surface area contributed by atoms with Gasteiger partial charge >= 0.3 is 0 Å². The lowest BCUT2D eigenvalue weighted by molar-refractivity contribution is -0.0963. The summed E-state index contributed by atoms with van der Waals surface area (Å²) >= 11 is 0. The van der Waals surface area contributed by atoms with E-state index in [1.165, 1.54) is 0 Å². The number of fused-ring (bicyclic) bond motifs is 1. The molecule has 0 amide bonds. The summed E-state index contributed by atoms with van der Waals surface area (Å²) in [5, 5.41) is 0. The molecule has 0 N–H and O–H groups in total. The standard InChI is InChI=1S/C15H19N3O3/c1-17(10-13-11-20-6-7-21-13)9-12-8-15(19)18-5-3-2-4-14(18)16-12/h2-5,8,13H,6-7,9-11H2,1H3/t13-/m0/s1. The summed E-state index contributed by atoms with van der Waals surface area (Å²) < 4.78 is 12.6. The van der Waals surface area contributed by atoms with E-state index in [9.17, 15) is 4.79 Å². The average Bonchev–Trinajstić information content (AvgIpc) is 2.48. The Morgan fingerprint density at radius 1 is 1.43 bits per heavy atom. The lowest BCUT2D eigenvalue weighted by atomic mass is 10.3. The largest absolute Gasteiger partial charge is 0.376 e. The van der Waals surface area contributed by atoms with Crippen LogP contribution in [0.4, 0.5) is 0 Å². The molecule has 2 aromatic heterocycles. The predicted molar refractivity (Wildman–Crippen MR) is 78.4 cm³/mol. The highest BCUT2D eigenvalue weighted by molar-refractivity contribution is 5.37. The molecule has 1 fully saturated rings. The molecule has 112 valence electrons. The Kier molecular flexibility index (Phi) is 4.28. The van der Waals surface area contributed by atoms with Gasteiger partial charge in [-0.15, -0.1) is 0 Å². The second-order valence-electron chi connectivity index (χ2n) is 5.28. The van der Waals surface area contributed by atoms with Crippen molar-refractivity contribution in [3.63, 3.8) is 0 Å². The van der Waals surface area contributed by atoms with Gasteiger partial charge < -0.3 is 9.47 Å². The quantitative estimate of drug-likeness (QED) is 0.822. The molecule has 3 rings (SSSR count). The van der Waals surface area contributed by atoms with Crippen LogP contribution in [0.15, 0.2) is 35.3 Å². The summed E-state index contributed by atoms with van der Waals surface area (Å²) in [6.07, 6.45) is 1.82. The molecule has 0 spiro atoms. The molecule has 0 radical (unpaired) electrons. The van der Waals surface area contributed by atoms with Crippen molar-refractivity contribution < 1.29 is 9.47 Å². The normalized spacial score (nSPS) is 19.2. The molecule has 2 aromatic rings. The number of aromatic nitrogens is 2. The van der Waals surface area contributed by atoms with Crippen molar-refractivity contribution in [3.05, 3.63) is 46.5 Å². The van der Waals surface area contributed by atoms with Crippen LogP contribution in [0.1, 0.15) is 5.69 Å². The van der Waals surface area contributed by atoms with Gasteiger partial charge in [-0.05, 0) is 19.2 Å². The first-order valence-corrected chi connectivity index (χ1v) is 7.07. The third kappa shape index (κ3) is 3.47. The molecule has 0 aromatic carbocycles. The van der Waals surface area contributed by atoms with Gasteiger partial charge in [0.2, 0.25) is 0 Å². The number of hydrogen-bond donors (Lipinski definition) is 0. The van der Waals surface area contributed by atoms with E-state index in [1.54, 1.807) is 16.7 Å². The fourth-order valence-corrected chi connectivity index (χ4v) is 2.51. The van der Waals surface area contributed by atoms with Crippen LogP contribution in [0.5, 0.6) is 0 Å². The maximum absolute atomic E-state index is 12.0. The third-order valence-electron chi connectivity index (χ3n) is 3.46. The van der Waals surface area contributed by atoms with Crippen molar-refractivity contribution in [2.24, 2.45) is 0 Å². The van der Waals surface area contributed by atoms with E-state index in [4.69, 9.17) is 9.47 Å². The minimum atomic E-state index is -0.0544. The lowest BCUT2D eigenvalue weighted by Crippen LogP contribution is -2.38. The maximum atomic E-state index is 12.0. The number of likely N-dealkylation sites (N-methyl/N-ethyl adjacent to an activating group) is 1. The minimum Gasteiger partial charge on any atom is -0.376 e. The van der Waals surface area contributed by atoms with E-state index in [0.29, 0.717) is 32.0 Å². The molecule has 0 saturated carbocycles. The first kappa shape index (κ1) is 14.2. The minimum absolute atomic E-state index is 0.0544. The number of rotatable bonds is 4. The Hall–Kier alpha value is -1.76. The topological polar surface area (TPSA) is 56.1 Å². The van der Waals surface area contributed by atoms with Crippen LogP contribution >= 0.6 is 0 Å². The van der Waals surface area contributed by atoms with Crippen LogP contribution in [-0.2, 0) is 16.0 Å². The molecule has 0 bridgehead atoms. The van der Waals surface area contributed by atoms with Gasteiger partial charge in [-0.1, -0.05) is 6.07 Å². The summed E-state index contributed by atoms with van der Waals surface area (Å²) in [5.41, 5.74) is 1.39. The molecular weight excluding hydrogens is 270 g/mol. The zero-order valence-corrected chi connectivity index (χ0v) is 12.1. The van der Waals surface area contributed by atoms with E-state index in [0.717, 1.165) is 12.2 Å². The number of pyridine rings is 1. The van der Waals surface area contributed by atoms with Crippen molar-refractivity contribution in [2.75, 3.05) is 33.4 Å². The summed E-state index contributed by atoms with van der Waals surface area (Å²) in [5.74, 6) is 0. The third-order valence-corrected chi connectivity index (χ3v) is 3.46. The van der Waals surface area contributed by atoms with Crippen molar-refractivity contribution in [3.8, 4) is 0 Å². The highest BCUT2D eigenvalue weighted by Gasteiger charge is 2.17. The lowest BCUT2D eigenvalue weighted by Gasteiger charge is -2.27. The zero-order valence-electron chi connectivity index (χ0n) is 12.1. The Bertz CT molecular complexity index is 665. The summed E-state index contributed by atoms with van der Waals surface area (Å²) in [4.78, 5) is 18.6. The van der Waals surface area contributed by atoms with Gasteiger partial charge in [-0.3, -0.25) is 14.1 Å². The highest BCUT2D eigenvalue weighted by Crippen LogP contribution is 2.06. The van der Waals surface area contributed by atoms with Gasteiger partial charge in [0.15, 0.2) is 0 Å². The smallest absolute Gasteiger partial charge is 0.258 e. The SMILES string of the molecule is CN(Cc1cc(=O)n2ccccc2n1)C[C@H]1COCCO1. The van der Waals surface area contributed by atoms with E-state index in [1.807, 2.05) is 25.2 Å². The van der Waals surface area contributed by atoms with Crippen molar-refractivity contribution in [1.29, 1.82) is 0 Å². The molecule has 6 heteroatoms. The van der Waals surface area contributed by atoms with Crippen LogP contribution < -0.4 is 5.56 Å². The second-order valence-corrected chi connectivity index (χ2v) is 5.28. The van der Waals surface area contributed by atoms with Crippen LogP contribution in [0.3, 0.4) is 0 Å². The fourth-order valence-electron chi connectivity index (χ4n) is 2.51. The molecule has 0 aliphatic carbocycles. The van der Waals surface area contributed by atoms with Gasteiger partial charge in [0.1, 0.15) is 5.65 Å².